The van der Waals surface area contributed by atoms with Crippen LogP contribution in [0.4, 0.5) is 14.9 Å². The first-order valence-corrected chi connectivity index (χ1v) is 9.25. The average Bonchev–Trinajstić information content (AvgIpc) is 2.70. The number of para-hydroxylation sites is 2. The molecule has 152 valence electrons. The molecule has 0 spiro atoms. The normalized spacial score (nSPS) is 16.9. The van der Waals surface area contributed by atoms with Crippen molar-refractivity contribution in [1.29, 1.82) is 0 Å². The molecule has 0 unspecified atom stereocenters. The summed E-state index contributed by atoms with van der Waals surface area (Å²) in [6.45, 7) is 1.64. The summed E-state index contributed by atoms with van der Waals surface area (Å²) in [6, 6.07) is 9.84. The van der Waals surface area contributed by atoms with Crippen molar-refractivity contribution in [2.75, 3.05) is 26.5 Å². The third-order valence-corrected chi connectivity index (χ3v) is 5.34. The van der Waals surface area contributed by atoms with Crippen molar-refractivity contribution in [2.24, 2.45) is 0 Å². The van der Waals surface area contributed by atoms with E-state index in [1.807, 2.05) is 0 Å². The van der Waals surface area contributed by atoms with Gasteiger partial charge in [0, 0.05) is 30.4 Å². The van der Waals surface area contributed by atoms with Gasteiger partial charge in [0.2, 0.25) is 0 Å². The number of rotatable bonds is 4. The van der Waals surface area contributed by atoms with E-state index < -0.39 is 17.8 Å². The van der Waals surface area contributed by atoms with Gasteiger partial charge in [-0.05, 0) is 31.2 Å². The van der Waals surface area contributed by atoms with Crippen LogP contribution < -0.4 is 10.1 Å². The molecule has 8 heteroatoms. The summed E-state index contributed by atoms with van der Waals surface area (Å²) >= 11 is 6.27. The van der Waals surface area contributed by atoms with Crippen molar-refractivity contribution in [2.45, 2.75) is 13.0 Å². The molecule has 0 saturated carbocycles. The predicted octanol–water partition coefficient (Wildman–Crippen LogP) is 4.44. The fourth-order valence-corrected chi connectivity index (χ4v) is 3.67. The van der Waals surface area contributed by atoms with Gasteiger partial charge in [0.05, 0.1) is 24.4 Å². The van der Waals surface area contributed by atoms with Crippen LogP contribution in [-0.2, 0) is 4.79 Å². The second-order valence-corrected chi connectivity index (χ2v) is 7.05. The number of amides is 3. The first-order chi connectivity index (χ1) is 13.8. The zero-order valence-electron chi connectivity index (χ0n) is 16.5. The van der Waals surface area contributed by atoms with Crippen molar-refractivity contribution in [3.63, 3.8) is 0 Å². The molecule has 2 aromatic rings. The van der Waals surface area contributed by atoms with Crippen molar-refractivity contribution < 1.29 is 18.7 Å². The number of likely N-dealkylation sites (N-methyl/N-ethyl adjacent to an activating group) is 1. The highest BCUT2D eigenvalue weighted by molar-refractivity contribution is 6.31. The Morgan fingerprint density at radius 3 is 2.52 bits per heavy atom. The largest absolute Gasteiger partial charge is 0.495 e. The molecular weight excluding hydrogens is 397 g/mol. The van der Waals surface area contributed by atoms with Gasteiger partial charge in [-0.15, -0.1) is 0 Å². The number of ether oxygens (including phenoxy) is 1. The summed E-state index contributed by atoms with van der Waals surface area (Å²) < 4.78 is 20.0. The summed E-state index contributed by atoms with van der Waals surface area (Å²) in [5.41, 5.74) is 1.15. The maximum absolute atomic E-state index is 14.7. The van der Waals surface area contributed by atoms with E-state index in [1.54, 1.807) is 38.2 Å². The lowest BCUT2D eigenvalue weighted by molar-refractivity contribution is -0.113. The van der Waals surface area contributed by atoms with Crippen molar-refractivity contribution in [3.05, 3.63) is 70.1 Å². The maximum Gasteiger partial charge on any atom is 0.324 e. The smallest absolute Gasteiger partial charge is 0.324 e. The van der Waals surface area contributed by atoms with Gasteiger partial charge in [-0.2, -0.15) is 0 Å². The molecular formula is C21H21ClFN3O3. The van der Waals surface area contributed by atoms with Gasteiger partial charge >= 0.3 is 6.03 Å². The van der Waals surface area contributed by atoms with E-state index in [9.17, 15) is 14.0 Å². The fourth-order valence-electron chi connectivity index (χ4n) is 3.40. The Hall–Kier alpha value is -3.06. The van der Waals surface area contributed by atoms with Crippen LogP contribution in [0.25, 0.3) is 0 Å². The highest BCUT2D eigenvalue weighted by atomic mass is 35.5. The third-order valence-electron chi connectivity index (χ3n) is 5.02. The molecule has 0 fully saturated rings. The molecule has 0 aromatic heterocycles. The minimum atomic E-state index is -0.984. The third kappa shape index (κ3) is 3.65. The van der Waals surface area contributed by atoms with Gasteiger partial charge in [0.25, 0.3) is 5.91 Å². The predicted molar refractivity (Wildman–Crippen MR) is 109 cm³/mol. The number of nitrogens with zero attached hydrogens (tertiary/aromatic N) is 2. The van der Waals surface area contributed by atoms with Crippen molar-refractivity contribution in [3.8, 4) is 5.75 Å². The van der Waals surface area contributed by atoms with E-state index in [0.29, 0.717) is 17.1 Å². The van der Waals surface area contributed by atoms with Gasteiger partial charge in [-0.3, -0.25) is 4.79 Å². The first kappa shape index (κ1) is 20.7. The highest BCUT2D eigenvalue weighted by Gasteiger charge is 2.40. The molecule has 0 saturated heterocycles. The van der Waals surface area contributed by atoms with Crippen LogP contribution in [0.3, 0.4) is 0 Å². The van der Waals surface area contributed by atoms with Gasteiger partial charge in [0.15, 0.2) is 0 Å². The van der Waals surface area contributed by atoms with Crippen molar-refractivity contribution in [1.82, 2.24) is 9.80 Å². The molecule has 0 radical (unpaired) electrons. The van der Waals surface area contributed by atoms with E-state index in [0.717, 1.165) is 0 Å². The van der Waals surface area contributed by atoms with E-state index in [1.165, 1.54) is 42.2 Å². The van der Waals surface area contributed by atoms with Crippen LogP contribution in [0.5, 0.6) is 5.75 Å². The number of halogens is 2. The number of carbonyl (C=O) groups is 2. The van der Waals surface area contributed by atoms with Gasteiger partial charge in [-0.25, -0.2) is 9.18 Å². The summed E-state index contributed by atoms with van der Waals surface area (Å²) in [4.78, 5) is 28.6. The molecule has 1 heterocycles. The Morgan fingerprint density at radius 2 is 1.86 bits per heavy atom. The molecule has 3 amide bonds. The van der Waals surface area contributed by atoms with E-state index >= 15 is 0 Å². The van der Waals surface area contributed by atoms with Gasteiger partial charge < -0.3 is 19.9 Å². The zero-order valence-corrected chi connectivity index (χ0v) is 17.2. The fraction of sp³-hybridized carbons (Fsp3) is 0.238. The van der Waals surface area contributed by atoms with E-state index in [2.05, 4.69) is 5.32 Å². The lowest BCUT2D eigenvalue weighted by atomic mass is 9.92. The highest BCUT2D eigenvalue weighted by Crippen LogP contribution is 2.40. The van der Waals surface area contributed by atoms with Crippen LogP contribution in [0, 0.1) is 5.82 Å². The Morgan fingerprint density at radius 1 is 1.17 bits per heavy atom. The topological polar surface area (TPSA) is 61.9 Å². The van der Waals surface area contributed by atoms with Crippen LogP contribution in [0.2, 0.25) is 5.02 Å². The molecule has 6 nitrogen and oxygen atoms in total. The summed E-state index contributed by atoms with van der Waals surface area (Å²) in [7, 11) is 4.57. The Kier molecular flexibility index (Phi) is 5.79. The zero-order chi connectivity index (χ0) is 21.3. The lowest BCUT2D eigenvalue weighted by Gasteiger charge is -2.40. The molecule has 1 aliphatic rings. The quantitative estimate of drug-likeness (QED) is 0.800. The van der Waals surface area contributed by atoms with E-state index in [-0.39, 0.29) is 22.2 Å². The number of hydrogen-bond acceptors (Lipinski definition) is 3. The van der Waals surface area contributed by atoms with E-state index in [4.69, 9.17) is 16.3 Å². The second kappa shape index (κ2) is 8.13. The summed E-state index contributed by atoms with van der Waals surface area (Å²) in [5.74, 6) is -0.599. The van der Waals surface area contributed by atoms with Crippen LogP contribution in [-0.4, -0.2) is 42.9 Å². The minimum Gasteiger partial charge on any atom is -0.495 e. The standard InChI is InChI=1S/C21H21ClFN3O3/c1-12-17(20(27)24-15-10-5-6-11-16(15)29-4)19(26(3)21(28)25(12)2)18-13(22)8-7-9-14(18)23/h5-11,19H,1-4H3,(H,24,27)/t19-/m1/s1. The maximum atomic E-state index is 14.7. The number of methoxy groups -OCH3 is 1. The number of anilines is 1. The van der Waals surface area contributed by atoms with Crippen LogP contribution in [0.15, 0.2) is 53.7 Å². The number of nitrogens with one attached hydrogen (secondary N) is 1. The molecule has 1 atom stereocenters. The lowest BCUT2D eigenvalue weighted by Crippen LogP contribution is -2.48. The number of urea groups is 1. The molecule has 29 heavy (non-hydrogen) atoms. The van der Waals surface area contributed by atoms with Gasteiger partial charge in [0.1, 0.15) is 11.6 Å². The number of benzene rings is 2. The molecule has 0 bridgehead atoms. The molecule has 1 N–H and O–H groups in total. The number of carbonyl (C=O) groups excluding carboxylic acids is 2. The Bertz CT molecular complexity index is 988. The second-order valence-electron chi connectivity index (χ2n) is 6.64. The monoisotopic (exact) mass is 417 g/mol. The molecule has 3 rings (SSSR count). The Balaban J connectivity index is 2.13. The molecule has 1 aliphatic heterocycles. The molecule has 2 aromatic carbocycles. The average molecular weight is 418 g/mol. The number of allylic oxidation sites excluding steroid dienone is 1. The summed E-state index contributed by atoms with van der Waals surface area (Å²) in [5, 5.41) is 2.94. The Labute approximate surface area is 173 Å². The molecule has 0 aliphatic carbocycles. The van der Waals surface area contributed by atoms with Crippen LogP contribution >= 0.6 is 11.6 Å². The minimum absolute atomic E-state index is 0.0719. The van der Waals surface area contributed by atoms with Crippen LogP contribution in [0.1, 0.15) is 18.5 Å². The van der Waals surface area contributed by atoms with Crippen molar-refractivity contribution >= 4 is 29.2 Å². The first-order valence-electron chi connectivity index (χ1n) is 8.87. The van der Waals surface area contributed by atoms with Gasteiger partial charge in [-0.1, -0.05) is 29.8 Å². The SMILES string of the molecule is COc1ccccc1NC(=O)C1=C(C)N(C)C(=O)N(C)[C@H]1c1c(F)cccc1Cl. The summed E-state index contributed by atoms with van der Waals surface area (Å²) in [6.07, 6.45) is 0. The number of hydrogen-bond donors (Lipinski definition) is 1.